The molecule has 78 valence electrons. The highest BCUT2D eigenvalue weighted by Gasteiger charge is 2.43. The summed E-state index contributed by atoms with van der Waals surface area (Å²) in [6.07, 6.45) is -4.90. The minimum absolute atomic E-state index is 2.15. The van der Waals surface area contributed by atoms with E-state index >= 15 is 0 Å². The SMILES string of the molecule is O=C(OCC(F)(F)F)C(F)(F)CF. The van der Waals surface area contributed by atoms with Gasteiger partial charge in [-0.25, -0.2) is 9.18 Å². The first-order chi connectivity index (χ1) is 5.69. The summed E-state index contributed by atoms with van der Waals surface area (Å²) in [5, 5.41) is 0. The number of carbonyl (C=O) groups is 1. The summed E-state index contributed by atoms with van der Waals surface area (Å²) in [5.41, 5.74) is 0. The van der Waals surface area contributed by atoms with Gasteiger partial charge in [0.2, 0.25) is 0 Å². The van der Waals surface area contributed by atoms with E-state index in [0.29, 0.717) is 0 Å². The number of alkyl halides is 6. The van der Waals surface area contributed by atoms with Crippen LogP contribution in [0.25, 0.3) is 0 Å². The first-order valence-corrected chi connectivity index (χ1v) is 2.87. The van der Waals surface area contributed by atoms with Crippen LogP contribution in [0.4, 0.5) is 26.3 Å². The van der Waals surface area contributed by atoms with Gasteiger partial charge < -0.3 is 4.74 Å². The zero-order valence-corrected chi connectivity index (χ0v) is 6.00. The second-order valence-corrected chi connectivity index (χ2v) is 2.03. The topological polar surface area (TPSA) is 26.3 Å². The van der Waals surface area contributed by atoms with E-state index in [4.69, 9.17) is 0 Å². The Labute approximate surface area is 68.5 Å². The van der Waals surface area contributed by atoms with Crippen molar-refractivity contribution in [1.29, 1.82) is 0 Å². The lowest BCUT2D eigenvalue weighted by Crippen LogP contribution is -2.35. The van der Waals surface area contributed by atoms with E-state index in [9.17, 15) is 31.1 Å². The smallest absolute Gasteiger partial charge is 0.422 e. The Hall–Kier alpha value is -0.950. The van der Waals surface area contributed by atoms with Crippen molar-refractivity contribution < 1.29 is 35.9 Å². The van der Waals surface area contributed by atoms with Gasteiger partial charge in [-0.05, 0) is 0 Å². The fourth-order valence-electron chi connectivity index (χ4n) is 0.308. The molecule has 0 aliphatic heterocycles. The third-order valence-corrected chi connectivity index (χ3v) is 0.833. The number of esters is 1. The molecule has 0 aromatic rings. The Balaban J connectivity index is 4.03. The lowest BCUT2D eigenvalue weighted by molar-refractivity contribution is -0.204. The fraction of sp³-hybridized carbons (Fsp3) is 0.800. The van der Waals surface area contributed by atoms with E-state index in [2.05, 4.69) is 4.74 Å². The van der Waals surface area contributed by atoms with Crippen LogP contribution in [0.5, 0.6) is 0 Å². The van der Waals surface area contributed by atoms with Crippen molar-refractivity contribution in [2.75, 3.05) is 13.3 Å². The van der Waals surface area contributed by atoms with Crippen molar-refractivity contribution in [3.05, 3.63) is 0 Å². The van der Waals surface area contributed by atoms with Crippen LogP contribution in [0.2, 0.25) is 0 Å². The van der Waals surface area contributed by atoms with Crippen LogP contribution >= 0.6 is 0 Å². The molecule has 0 rings (SSSR count). The predicted octanol–water partition coefficient (Wildman–Crippen LogP) is 1.70. The first-order valence-electron chi connectivity index (χ1n) is 2.87. The van der Waals surface area contributed by atoms with E-state index in [-0.39, 0.29) is 0 Å². The van der Waals surface area contributed by atoms with Gasteiger partial charge in [-0.2, -0.15) is 22.0 Å². The maximum atomic E-state index is 11.9. The molecule has 2 nitrogen and oxygen atoms in total. The molecular weight excluding hydrogens is 206 g/mol. The lowest BCUT2D eigenvalue weighted by atomic mass is 10.4. The number of hydrogen-bond donors (Lipinski definition) is 0. The Bertz CT molecular complexity index is 186. The molecule has 0 saturated heterocycles. The second-order valence-electron chi connectivity index (χ2n) is 2.03. The van der Waals surface area contributed by atoms with Gasteiger partial charge in [0.05, 0.1) is 0 Å². The quantitative estimate of drug-likeness (QED) is 0.523. The molecule has 0 amide bonds. The standard InChI is InChI=1S/C5H4F6O2/c6-1-4(7,8)3(12)13-2-5(9,10)11/h1-2H2. The van der Waals surface area contributed by atoms with E-state index in [1.807, 2.05) is 0 Å². The molecule has 0 unspecified atom stereocenters. The summed E-state index contributed by atoms with van der Waals surface area (Å²) in [4.78, 5) is 10.0. The first kappa shape index (κ1) is 12.0. The number of ether oxygens (including phenoxy) is 1. The van der Waals surface area contributed by atoms with Gasteiger partial charge in [0.25, 0.3) is 0 Å². The molecule has 0 N–H and O–H groups in total. The highest BCUT2D eigenvalue weighted by Crippen LogP contribution is 2.19. The van der Waals surface area contributed by atoms with Crippen LogP contribution < -0.4 is 0 Å². The Kier molecular flexibility index (Phi) is 3.56. The van der Waals surface area contributed by atoms with Crippen molar-refractivity contribution in [1.82, 2.24) is 0 Å². The van der Waals surface area contributed by atoms with Gasteiger partial charge in [0, 0.05) is 0 Å². The van der Waals surface area contributed by atoms with Crippen LogP contribution in [0.15, 0.2) is 0 Å². The number of rotatable bonds is 3. The molecule has 0 aliphatic carbocycles. The molecule has 0 saturated carbocycles. The van der Waals surface area contributed by atoms with Crippen molar-refractivity contribution in [3.8, 4) is 0 Å². The largest absolute Gasteiger partial charge is 0.452 e. The van der Waals surface area contributed by atoms with Gasteiger partial charge >= 0.3 is 18.1 Å². The Morgan fingerprint density at radius 1 is 1.15 bits per heavy atom. The highest BCUT2D eigenvalue weighted by molar-refractivity contribution is 5.77. The summed E-state index contributed by atoms with van der Waals surface area (Å²) >= 11 is 0. The average Bonchev–Trinajstić information content (AvgIpc) is 1.98. The predicted molar refractivity (Wildman–Crippen MR) is 27.9 cm³/mol. The summed E-state index contributed by atoms with van der Waals surface area (Å²) in [5.74, 6) is -7.03. The molecule has 0 aromatic carbocycles. The van der Waals surface area contributed by atoms with Gasteiger partial charge in [-0.3, -0.25) is 0 Å². The molecule has 0 atom stereocenters. The van der Waals surface area contributed by atoms with Gasteiger partial charge in [0.1, 0.15) is 0 Å². The van der Waals surface area contributed by atoms with Gasteiger partial charge in [0.15, 0.2) is 13.3 Å². The highest BCUT2D eigenvalue weighted by atomic mass is 19.4. The summed E-state index contributed by atoms with van der Waals surface area (Å²) < 4.78 is 72.1. The van der Waals surface area contributed by atoms with E-state index in [0.717, 1.165) is 0 Å². The minimum atomic E-state index is -4.90. The molecule has 0 spiro atoms. The molecular formula is C5H4F6O2. The lowest BCUT2D eigenvalue weighted by Gasteiger charge is -2.12. The number of carbonyl (C=O) groups excluding carboxylic acids is 1. The van der Waals surface area contributed by atoms with E-state index in [1.165, 1.54) is 0 Å². The molecule has 0 heterocycles. The molecule has 13 heavy (non-hydrogen) atoms. The Morgan fingerprint density at radius 3 is 1.92 bits per heavy atom. The maximum absolute atomic E-state index is 11.9. The van der Waals surface area contributed by atoms with Crippen LogP contribution in [0, 0.1) is 0 Å². The molecule has 0 radical (unpaired) electrons. The Morgan fingerprint density at radius 2 is 1.62 bits per heavy atom. The van der Waals surface area contributed by atoms with Crippen molar-refractivity contribution >= 4 is 5.97 Å². The monoisotopic (exact) mass is 210 g/mol. The number of hydrogen-bond acceptors (Lipinski definition) is 2. The molecule has 0 aromatic heterocycles. The average molecular weight is 210 g/mol. The zero-order chi connectivity index (χ0) is 10.7. The minimum Gasteiger partial charge on any atom is -0.452 e. The van der Waals surface area contributed by atoms with Crippen LogP contribution in [-0.2, 0) is 9.53 Å². The second kappa shape index (κ2) is 3.84. The van der Waals surface area contributed by atoms with E-state index in [1.54, 1.807) is 0 Å². The van der Waals surface area contributed by atoms with Crippen LogP contribution in [0.1, 0.15) is 0 Å². The summed E-state index contributed by atoms with van der Waals surface area (Å²) in [6, 6.07) is 0. The molecule has 0 aliphatic rings. The summed E-state index contributed by atoms with van der Waals surface area (Å²) in [6.45, 7) is -4.54. The third-order valence-electron chi connectivity index (χ3n) is 0.833. The van der Waals surface area contributed by atoms with Gasteiger partial charge in [-0.1, -0.05) is 0 Å². The van der Waals surface area contributed by atoms with Crippen molar-refractivity contribution in [2.24, 2.45) is 0 Å². The molecule has 8 heteroatoms. The van der Waals surface area contributed by atoms with Gasteiger partial charge in [-0.15, -0.1) is 0 Å². The van der Waals surface area contributed by atoms with Crippen LogP contribution in [-0.4, -0.2) is 31.3 Å². The third kappa shape index (κ3) is 4.58. The van der Waals surface area contributed by atoms with Crippen molar-refractivity contribution in [3.63, 3.8) is 0 Å². The fourth-order valence-corrected chi connectivity index (χ4v) is 0.308. The normalized spacial score (nSPS) is 12.8. The molecule has 0 fully saturated rings. The van der Waals surface area contributed by atoms with Crippen LogP contribution in [0.3, 0.4) is 0 Å². The van der Waals surface area contributed by atoms with E-state index < -0.39 is 31.3 Å². The van der Waals surface area contributed by atoms with Crippen molar-refractivity contribution in [2.45, 2.75) is 12.1 Å². The zero-order valence-electron chi connectivity index (χ0n) is 6.00. The number of halogens is 6. The molecule has 0 bridgehead atoms. The summed E-state index contributed by atoms with van der Waals surface area (Å²) in [7, 11) is 0. The maximum Gasteiger partial charge on any atom is 0.422 e.